The standard InChI is InChI=1S/C21H28Cl2N4O.C2H6/c1-5-7-15(8-6-2)25-20(28)26-16-11-21(3,4)9-10-27(14-16)19-17(22)12-24-13-18(19)23;1-2/h5-8,12-13,16H,1,9-11,14H2,2-4H3,(H2,25,26,28);1-2H3/b8-6-,15-7+;. The van der Waals surface area contributed by atoms with E-state index in [2.05, 4.69) is 40.9 Å². The highest BCUT2D eigenvalue weighted by atomic mass is 35.5. The number of urea groups is 1. The maximum atomic E-state index is 12.6. The number of hydrogen-bond acceptors (Lipinski definition) is 3. The number of carbonyl (C=O) groups excluding carboxylic acids is 1. The molecule has 2 N–H and O–H groups in total. The Bertz CT molecular complexity index is 754. The molecule has 0 spiro atoms. The number of anilines is 1. The number of halogens is 2. The average molecular weight is 453 g/mol. The van der Waals surface area contributed by atoms with E-state index in [1.165, 1.54) is 0 Å². The van der Waals surface area contributed by atoms with Crippen molar-refractivity contribution in [2.75, 3.05) is 18.0 Å². The number of hydrogen-bond donors (Lipinski definition) is 2. The second-order valence-electron chi connectivity index (χ2n) is 7.67. The highest BCUT2D eigenvalue weighted by Crippen LogP contribution is 2.37. The SMILES string of the molecule is C=C/C=C(\C=C/C)NC(=O)NC1CN(c2c(Cl)cncc2Cl)CCC(C)(C)C1.CC. The summed E-state index contributed by atoms with van der Waals surface area (Å²) in [6, 6.07) is -0.311. The van der Waals surface area contributed by atoms with Gasteiger partial charge in [0.15, 0.2) is 0 Å². The van der Waals surface area contributed by atoms with Gasteiger partial charge >= 0.3 is 6.03 Å². The van der Waals surface area contributed by atoms with E-state index >= 15 is 0 Å². The minimum absolute atomic E-state index is 0.0617. The minimum atomic E-state index is -0.249. The number of pyridine rings is 1. The number of allylic oxidation sites excluding steroid dienone is 4. The predicted octanol–water partition coefficient (Wildman–Crippen LogP) is 6.35. The van der Waals surface area contributed by atoms with E-state index in [9.17, 15) is 4.79 Å². The van der Waals surface area contributed by atoms with Gasteiger partial charge in [0.05, 0.1) is 15.7 Å². The lowest BCUT2D eigenvalue weighted by atomic mass is 9.84. The molecule has 2 rings (SSSR count). The fraction of sp³-hybridized carbons (Fsp3) is 0.478. The van der Waals surface area contributed by atoms with Gasteiger partial charge in [-0.05, 0) is 37.3 Å². The molecule has 1 aliphatic rings. The fourth-order valence-corrected chi connectivity index (χ4v) is 4.04. The van der Waals surface area contributed by atoms with Crippen molar-refractivity contribution in [2.24, 2.45) is 5.41 Å². The van der Waals surface area contributed by atoms with Gasteiger partial charge in [0.1, 0.15) is 0 Å². The van der Waals surface area contributed by atoms with Crippen LogP contribution < -0.4 is 15.5 Å². The monoisotopic (exact) mass is 452 g/mol. The van der Waals surface area contributed by atoms with Crippen molar-refractivity contribution in [3.8, 4) is 0 Å². The molecule has 7 heteroatoms. The van der Waals surface area contributed by atoms with E-state index in [0.29, 0.717) is 22.3 Å². The van der Waals surface area contributed by atoms with E-state index in [4.69, 9.17) is 23.2 Å². The number of carbonyl (C=O) groups is 1. The van der Waals surface area contributed by atoms with Crippen LogP contribution in [0.15, 0.2) is 49.0 Å². The molecule has 1 aliphatic heterocycles. The second kappa shape index (κ2) is 12.7. The lowest BCUT2D eigenvalue weighted by molar-refractivity contribution is 0.232. The third-order valence-electron chi connectivity index (χ3n) is 4.68. The highest BCUT2D eigenvalue weighted by molar-refractivity contribution is 6.38. The Morgan fingerprint density at radius 3 is 2.50 bits per heavy atom. The van der Waals surface area contributed by atoms with Crippen LogP contribution >= 0.6 is 23.2 Å². The summed E-state index contributed by atoms with van der Waals surface area (Å²) in [6.45, 7) is 15.4. The smallest absolute Gasteiger partial charge is 0.319 e. The molecule has 0 saturated carbocycles. The first kappa shape index (κ1) is 26.1. The molecule has 30 heavy (non-hydrogen) atoms. The Labute approximate surface area is 191 Å². The normalized spacial score (nSPS) is 18.8. The molecule has 0 bridgehead atoms. The van der Waals surface area contributed by atoms with Crippen molar-refractivity contribution >= 4 is 34.9 Å². The molecule has 166 valence electrons. The van der Waals surface area contributed by atoms with E-state index in [1.807, 2.05) is 32.9 Å². The van der Waals surface area contributed by atoms with E-state index in [-0.39, 0.29) is 17.5 Å². The molecule has 2 amide bonds. The molecule has 2 heterocycles. The molecule has 1 aromatic rings. The number of nitrogens with zero attached hydrogens (tertiary/aromatic N) is 2. The van der Waals surface area contributed by atoms with E-state index in [1.54, 1.807) is 24.5 Å². The van der Waals surface area contributed by atoms with Crippen molar-refractivity contribution in [1.82, 2.24) is 15.6 Å². The molecule has 5 nitrogen and oxygen atoms in total. The van der Waals surface area contributed by atoms with Gasteiger partial charge < -0.3 is 15.5 Å². The lowest BCUT2D eigenvalue weighted by Gasteiger charge is -2.28. The molecule has 1 atom stereocenters. The van der Waals surface area contributed by atoms with Crippen LogP contribution in [0.2, 0.25) is 10.0 Å². The third kappa shape index (κ3) is 8.04. The average Bonchev–Trinajstić information content (AvgIpc) is 2.81. The van der Waals surface area contributed by atoms with Gasteiger partial charge in [0.25, 0.3) is 0 Å². The quantitative estimate of drug-likeness (QED) is 0.511. The maximum Gasteiger partial charge on any atom is 0.319 e. The maximum absolute atomic E-state index is 12.6. The summed E-state index contributed by atoms with van der Waals surface area (Å²) in [6.07, 6.45) is 12.1. The zero-order valence-corrected chi connectivity index (χ0v) is 20.1. The topological polar surface area (TPSA) is 57.3 Å². The van der Waals surface area contributed by atoms with Crippen molar-refractivity contribution in [2.45, 2.75) is 53.5 Å². The summed E-state index contributed by atoms with van der Waals surface area (Å²) in [5.41, 5.74) is 1.52. The number of amides is 2. The van der Waals surface area contributed by atoms with Crippen LogP contribution in [0, 0.1) is 5.41 Å². The Balaban J connectivity index is 0.00000218. The molecule has 1 fully saturated rings. The molecule has 1 unspecified atom stereocenters. The number of rotatable bonds is 5. The Morgan fingerprint density at radius 1 is 1.30 bits per heavy atom. The Kier molecular flexibility index (Phi) is 11.0. The van der Waals surface area contributed by atoms with Crippen LogP contribution in [0.3, 0.4) is 0 Å². The highest BCUT2D eigenvalue weighted by Gasteiger charge is 2.31. The minimum Gasteiger partial charge on any atom is -0.367 e. The van der Waals surface area contributed by atoms with E-state index in [0.717, 1.165) is 25.1 Å². The molecule has 1 saturated heterocycles. The van der Waals surface area contributed by atoms with Gasteiger partial charge in [-0.15, -0.1) is 0 Å². The van der Waals surface area contributed by atoms with Gasteiger partial charge in [0.2, 0.25) is 0 Å². The van der Waals surface area contributed by atoms with Crippen LogP contribution in [0.25, 0.3) is 0 Å². The summed E-state index contributed by atoms with van der Waals surface area (Å²) in [5.74, 6) is 0. The molecule has 0 aliphatic carbocycles. The van der Waals surface area contributed by atoms with Crippen LogP contribution in [0.4, 0.5) is 10.5 Å². The summed E-state index contributed by atoms with van der Waals surface area (Å²) >= 11 is 12.7. The fourth-order valence-electron chi connectivity index (χ4n) is 3.43. The van der Waals surface area contributed by atoms with Crippen molar-refractivity contribution in [3.63, 3.8) is 0 Å². The summed E-state index contributed by atoms with van der Waals surface area (Å²) < 4.78 is 0. The molecular formula is C23H34Cl2N4O. The van der Waals surface area contributed by atoms with Gasteiger partial charge in [-0.3, -0.25) is 4.98 Å². The van der Waals surface area contributed by atoms with Gasteiger partial charge in [0, 0.05) is 37.2 Å². The van der Waals surface area contributed by atoms with Crippen LogP contribution in [-0.4, -0.2) is 30.1 Å². The summed E-state index contributed by atoms with van der Waals surface area (Å²) in [7, 11) is 0. The number of nitrogens with one attached hydrogen (secondary N) is 2. The van der Waals surface area contributed by atoms with Crippen LogP contribution in [-0.2, 0) is 0 Å². The molecule has 1 aromatic heterocycles. The largest absolute Gasteiger partial charge is 0.367 e. The third-order valence-corrected chi connectivity index (χ3v) is 5.23. The summed E-state index contributed by atoms with van der Waals surface area (Å²) in [4.78, 5) is 18.7. The first-order valence-corrected chi connectivity index (χ1v) is 11.1. The van der Waals surface area contributed by atoms with Crippen molar-refractivity contribution in [1.29, 1.82) is 0 Å². The molecular weight excluding hydrogens is 419 g/mol. The van der Waals surface area contributed by atoms with Crippen molar-refractivity contribution < 1.29 is 4.79 Å². The molecule has 0 radical (unpaired) electrons. The van der Waals surface area contributed by atoms with E-state index < -0.39 is 0 Å². The second-order valence-corrected chi connectivity index (χ2v) is 8.48. The van der Waals surface area contributed by atoms with Gasteiger partial charge in [-0.2, -0.15) is 0 Å². The first-order chi connectivity index (χ1) is 14.3. The van der Waals surface area contributed by atoms with Gasteiger partial charge in [-0.25, -0.2) is 4.79 Å². The Morgan fingerprint density at radius 2 is 1.93 bits per heavy atom. The Hall–Kier alpha value is -1.98. The van der Waals surface area contributed by atoms with Crippen LogP contribution in [0.1, 0.15) is 47.5 Å². The zero-order valence-electron chi connectivity index (χ0n) is 18.6. The first-order valence-electron chi connectivity index (χ1n) is 10.3. The zero-order chi connectivity index (χ0) is 22.7. The van der Waals surface area contributed by atoms with Gasteiger partial charge in [-0.1, -0.05) is 69.6 Å². The van der Waals surface area contributed by atoms with Crippen molar-refractivity contribution in [3.05, 3.63) is 59.0 Å². The molecule has 0 aromatic carbocycles. The number of aromatic nitrogens is 1. The van der Waals surface area contributed by atoms with Crippen LogP contribution in [0.5, 0.6) is 0 Å². The summed E-state index contributed by atoms with van der Waals surface area (Å²) in [5, 5.41) is 6.99. The predicted molar refractivity (Wildman–Crippen MR) is 129 cm³/mol. The lowest BCUT2D eigenvalue weighted by Crippen LogP contribution is -2.47.